The maximum Gasteiger partial charge on any atom is 0.242 e. The number of benzene rings is 2. The quantitative estimate of drug-likeness (QED) is 0.819. The van der Waals surface area contributed by atoms with Crippen LogP contribution in [0, 0.1) is 20.8 Å². The molecular formula is C23H29N3O2. The lowest BCUT2D eigenvalue weighted by atomic mass is 10.1. The molecule has 0 radical (unpaired) electrons. The van der Waals surface area contributed by atoms with E-state index in [1.807, 2.05) is 30.9 Å². The van der Waals surface area contributed by atoms with Gasteiger partial charge in [0.2, 0.25) is 11.8 Å². The standard InChI is InChI=1S/C23H29N3O2/c1-17-6-5-7-21(13-17)24-8-10-25(11-9-24)23(28)16-26(20(4)27)22-14-18(2)12-19(3)15-22/h5-7,12-15H,8-11,16H2,1-4H3. The molecule has 148 valence electrons. The van der Waals surface area contributed by atoms with Crippen molar-refractivity contribution < 1.29 is 9.59 Å². The summed E-state index contributed by atoms with van der Waals surface area (Å²) in [5.74, 6) is -0.116. The van der Waals surface area contributed by atoms with E-state index in [4.69, 9.17) is 0 Å². The number of amides is 2. The molecule has 0 saturated carbocycles. The molecule has 0 aliphatic carbocycles. The van der Waals surface area contributed by atoms with Crippen LogP contribution in [-0.2, 0) is 9.59 Å². The number of rotatable bonds is 4. The molecule has 2 aromatic rings. The number of nitrogens with zero attached hydrogens (tertiary/aromatic N) is 3. The summed E-state index contributed by atoms with van der Waals surface area (Å²) in [6.45, 7) is 10.6. The highest BCUT2D eigenvalue weighted by molar-refractivity contribution is 5.97. The van der Waals surface area contributed by atoms with Gasteiger partial charge >= 0.3 is 0 Å². The highest BCUT2D eigenvalue weighted by Crippen LogP contribution is 2.21. The molecular weight excluding hydrogens is 350 g/mol. The van der Waals surface area contributed by atoms with E-state index in [0.29, 0.717) is 13.1 Å². The monoisotopic (exact) mass is 379 g/mol. The largest absolute Gasteiger partial charge is 0.368 e. The SMILES string of the molecule is CC(=O)N(CC(=O)N1CCN(c2cccc(C)c2)CC1)c1cc(C)cc(C)c1. The van der Waals surface area contributed by atoms with Gasteiger partial charge in [-0.25, -0.2) is 0 Å². The van der Waals surface area contributed by atoms with E-state index in [0.717, 1.165) is 29.9 Å². The van der Waals surface area contributed by atoms with E-state index >= 15 is 0 Å². The average Bonchev–Trinajstić information content (AvgIpc) is 2.65. The van der Waals surface area contributed by atoms with Gasteiger partial charge in [-0.1, -0.05) is 18.2 Å². The van der Waals surface area contributed by atoms with Crippen molar-refractivity contribution in [3.8, 4) is 0 Å². The second-order valence-electron chi connectivity index (χ2n) is 7.66. The Morgan fingerprint density at radius 3 is 2.11 bits per heavy atom. The van der Waals surface area contributed by atoms with Crippen molar-refractivity contribution in [2.24, 2.45) is 0 Å². The molecule has 28 heavy (non-hydrogen) atoms. The fourth-order valence-corrected chi connectivity index (χ4v) is 3.76. The van der Waals surface area contributed by atoms with E-state index in [9.17, 15) is 9.59 Å². The van der Waals surface area contributed by atoms with Gasteiger partial charge in [-0.2, -0.15) is 0 Å². The summed E-state index contributed by atoms with van der Waals surface area (Å²) in [5.41, 5.74) is 5.40. The molecule has 0 unspecified atom stereocenters. The number of aryl methyl sites for hydroxylation is 3. The molecule has 1 aliphatic rings. The van der Waals surface area contributed by atoms with Crippen molar-refractivity contribution in [1.29, 1.82) is 0 Å². The summed E-state index contributed by atoms with van der Waals surface area (Å²) in [5, 5.41) is 0. The Bertz CT molecular complexity index is 850. The van der Waals surface area contributed by atoms with Gasteiger partial charge in [-0.3, -0.25) is 9.59 Å². The molecule has 1 heterocycles. The lowest BCUT2D eigenvalue weighted by molar-refractivity contribution is -0.131. The Kier molecular flexibility index (Phi) is 6.02. The van der Waals surface area contributed by atoms with Gasteiger partial charge in [0.1, 0.15) is 6.54 Å². The van der Waals surface area contributed by atoms with Crippen molar-refractivity contribution in [2.45, 2.75) is 27.7 Å². The molecule has 2 aromatic carbocycles. The second kappa shape index (κ2) is 8.46. The highest BCUT2D eigenvalue weighted by atomic mass is 16.2. The fraction of sp³-hybridized carbons (Fsp3) is 0.391. The normalized spacial score (nSPS) is 14.1. The lowest BCUT2D eigenvalue weighted by Gasteiger charge is -2.37. The molecule has 0 N–H and O–H groups in total. The average molecular weight is 380 g/mol. The first-order chi connectivity index (χ1) is 13.3. The fourth-order valence-electron chi connectivity index (χ4n) is 3.76. The summed E-state index contributed by atoms with van der Waals surface area (Å²) >= 11 is 0. The highest BCUT2D eigenvalue weighted by Gasteiger charge is 2.24. The molecule has 1 aliphatic heterocycles. The molecule has 3 rings (SSSR count). The van der Waals surface area contributed by atoms with Gasteiger partial charge in [-0.15, -0.1) is 0 Å². The lowest BCUT2D eigenvalue weighted by Crippen LogP contribution is -2.51. The molecule has 0 bridgehead atoms. The first kappa shape index (κ1) is 19.9. The zero-order valence-corrected chi connectivity index (χ0v) is 17.2. The van der Waals surface area contributed by atoms with Crippen LogP contribution < -0.4 is 9.80 Å². The number of hydrogen-bond donors (Lipinski definition) is 0. The van der Waals surface area contributed by atoms with Crippen LogP contribution in [0.3, 0.4) is 0 Å². The van der Waals surface area contributed by atoms with E-state index in [2.05, 4.69) is 42.2 Å². The summed E-state index contributed by atoms with van der Waals surface area (Å²) in [6, 6.07) is 14.4. The smallest absolute Gasteiger partial charge is 0.242 e. The minimum atomic E-state index is -0.114. The van der Waals surface area contributed by atoms with Gasteiger partial charge in [0, 0.05) is 44.5 Å². The zero-order chi connectivity index (χ0) is 20.3. The zero-order valence-electron chi connectivity index (χ0n) is 17.2. The van der Waals surface area contributed by atoms with Crippen LogP contribution in [0.2, 0.25) is 0 Å². The molecule has 0 aromatic heterocycles. The van der Waals surface area contributed by atoms with Crippen molar-refractivity contribution in [3.05, 3.63) is 59.2 Å². The van der Waals surface area contributed by atoms with E-state index in [1.54, 1.807) is 4.90 Å². The van der Waals surface area contributed by atoms with Gasteiger partial charge in [0.15, 0.2) is 0 Å². The third-order valence-corrected chi connectivity index (χ3v) is 5.19. The summed E-state index contributed by atoms with van der Waals surface area (Å²) in [7, 11) is 0. The minimum absolute atomic E-state index is 0.00162. The minimum Gasteiger partial charge on any atom is -0.368 e. The molecule has 0 spiro atoms. The van der Waals surface area contributed by atoms with Crippen LogP contribution in [-0.4, -0.2) is 49.4 Å². The number of carbonyl (C=O) groups excluding carboxylic acids is 2. The van der Waals surface area contributed by atoms with Crippen LogP contribution in [0.25, 0.3) is 0 Å². The van der Waals surface area contributed by atoms with Crippen LogP contribution in [0.5, 0.6) is 0 Å². The number of anilines is 2. The maximum absolute atomic E-state index is 12.9. The first-order valence-corrected chi connectivity index (χ1v) is 9.79. The molecule has 2 amide bonds. The Morgan fingerprint density at radius 1 is 0.893 bits per heavy atom. The van der Waals surface area contributed by atoms with Crippen LogP contribution >= 0.6 is 0 Å². The first-order valence-electron chi connectivity index (χ1n) is 9.79. The van der Waals surface area contributed by atoms with Crippen molar-refractivity contribution in [1.82, 2.24) is 4.90 Å². The second-order valence-corrected chi connectivity index (χ2v) is 7.66. The predicted octanol–water partition coefficient (Wildman–Crippen LogP) is 3.31. The van der Waals surface area contributed by atoms with Crippen molar-refractivity contribution in [3.63, 3.8) is 0 Å². The summed E-state index contributed by atoms with van der Waals surface area (Å²) in [4.78, 5) is 30.8. The summed E-state index contributed by atoms with van der Waals surface area (Å²) in [6.07, 6.45) is 0. The van der Waals surface area contributed by atoms with E-state index in [-0.39, 0.29) is 18.4 Å². The van der Waals surface area contributed by atoms with E-state index < -0.39 is 0 Å². The van der Waals surface area contributed by atoms with Crippen LogP contribution in [0.4, 0.5) is 11.4 Å². The topological polar surface area (TPSA) is 43.9 Å². The molecule has 0 atom stereocenters. The summed E-state index contributed by atoms with van der Waals surface area (Å²) < 4.78 is 0. The number of piperazine rings is 1. The third kappa shape index (κ3) is 4.71. The third-order valence-electron chi connectivity index (χ3n) is 5.19. The van der Waals surface area contributed by atoms with Gasteiger partial charge in [-0.05, 0) is 61.7 Å². The van der Waals surface area contributed by atoms with Crippen LogP contribution in [0.15, 0.2) is 42.5 Å². The predicted molar refractivity (Wildman–Crippen MR) is 114 cm³/mol. The van der Waals surface area contributed by atoms with Crippen molar-refractivity contribution >= 4 is 23.2 Å². The Labute approximate surface area is 167 Å². The number of hydrogen-bond acceptors (Lipinski definition) is 3. The van der Waals surface area contributed by atoms with E-state index in [1.165, 1.54) is 18.2 Å². The Balaban J connectivity index is 1.64. The van der Waals surface area contributed by atoms with Crippen molar-refractivity contribution in [2.75, 3.05) is 42.5 Å². The van der Waals surface area contributed by atoms with Gasteiger partial charge in [0.25, 0.3) is 0 Å². The molecule has 5 nitrogen and oxygen atoms in total. The van der Waals surface area contributed by atoms with Crippen LogP contribution in [0.1, 0.15) is 23.6 Å². The maximum atomic E-state index is 12.9. The Morgan fingerprint density at radius 2 is 1.54 bits per heavy atom. The number of carbonyl (C=O) groups is 2. The molecule has 1 fully saturated rings. The van der Waals surface area contributed by atoms with Gasteiger partial charge < -0.3 is 14.7 Å². The Hall–Kier alpha value is -2.82. The van der Waals surface area contributed by atoms with Gasteiger partial charge in [0.05, 0.1) is 0 Å². The molecule has 5 heteroatoms. The molecule has 1 saturated heterocycles.